The molecule has 5 atom stereocenters. The second-order valence-corrected chi connectivity index (χ2v) is 8.89. The molecule has 1 saturated heterocycles. The Morgan fingerprint density at radius 1 is 1.19 bits per heavy atom. The van der Waals surface area contributed by atoms with Gasteiger partial charge in [-0.1, -0.05) is 30.3 Å². The summed E-state index contributed by atoms with van der Waals surface area (Å²) < 4.78 is 0. The Morgan fingerprint density at radius 3 is 2.53 bits per heavy atom. The van der Waals surface area contributed by atoms with Crippen molar-refractivity contribution in [1.29, 1.82) is 0 Å². The molecule has 12 heteroatoms. The zero-order valence-corrected chi connectivity index (χ0v) is 20.0. The van der Waals surface area contributed by atoms with Crippen LogP contribution in [0, 0.1) is 0 Å². The van der Waals surface area contributed by atoms with E-state index in [9.17, 15) is 29.4 Å². The van der Waals surface area contributed by atoms with Crippen molar-refractivity contribution in [3.63, 3.8) is 0 Å². The SMILES string of the molecule is CC(O)C(NC(=O)C(Cc1ccccc1)NC(=O)C1CCCN1C(=O)C(N)Cc1cnc[nH]1)C(=O)O. The highest BCUT2D eigenvalue weighted by molar-refractivity contribution is 5.94. The molecule has 1 aliphatic rings. The number of amides is 3. The molecule has 0 spiro atoms. The van der Waals surface area contributed by atoms with E-state index in [1.807, 2.05) is 0 Å². The highest BCUT2D eigenvalue weighted by atomic mass is 16.4. The van der Waals surface area contributed by atoms with Crippen LogP contribution in [0.3, 0.4) is 0 Å². The predicted octanol–water partition coefficient (Wildman–Crippen LogP) is -1.05. The molecular formula is C24H32N6O6. The number of rotatable bonds is 11. The molecule has 5 unspecified atom stereocenters. The standard InChI is InChI=1S/C24H32N6O6/c1-14(31)20(24(35)36)29-21(32)18(10-15-6-3-2-4-7-15)28-22(33)19-8-5-9-30(19)23(34)17(25)11-16-12-26-13-27-16/h2-4,6-7,12-14,17-20,31H,5,8-11,25H2,1H3,(H,26,27)(H,28,33)(H,29,32)(H,35,36). The van der Waals surface area contributed by atoms with Gasteiger partial charge < -0.3 is 36.5 Å². The molecule has 3 rings (SSSR count). The van der Waals surface area contributed by atoms with Crippen molar-refractivity contribution >= 4 is 23.7 Å². The van der Waals surface area contributed by atoms with Crippen LogP contribution in [-0.2, 0) is 32.0 Å². The van der Waals surface area contributed by atoms with Crippen LogP contribution in [-0.4, -0.2) is 85.6 Å². The molecule has 0 aliphatic carbocycles. The van der Waals surface area contributed by atoms with Gasteiger partial charge in [0.25, 0.3) is 0 Å². The Hall–Kier alpha value is -3.77. The highest BCUT2D eigenvalue weighted by Crippen LogP contribution is 2.19. The lowest BCUT2D eigenvalue weighted by Crippen LogP contribution is -2.58. The number of hydrogen-bond donors (Lipinski definition) is 6. The minimum absolute atomic E-state index is 0.0879. The van der Waals surface area contributed by atoms with E-state index in [2.05, 4.69) is 20.6 Å². The third-order valence-electron chi connectivity index (χ3n) is 6.11. The number of benzene rings is 1. The Balaban J connectivity index is 1.73. The first-order valence-electron chi connectivity index (χ1n) is 11.8. The molecule has 36 heavy (non-hydrogen) atoms. The largest absolute Gasteiger partial charge is 0.480 e. The van der Waals surface area contributed by atoms with Gasteiger partial charge in [-0.2, -0.15) is 0 Å². The quantitative estimate of drug-likeness (QED) is 0.225. The number of imidazole rings is 1. The van der Waals surface area contributed by atoms with Crippen LogP contribution >= 0.6 is 0 Å². The summed E-state index contributed by atoms with van der Waals surface area (Å²) in [6.07, 6.45) is 3.04. The molecule has 2 aromatic rings. The number of carbonyl (C=O) groups excluding carboxylic acids is 3. The van der Waals surface area contributed by atoms with Crippen LogP contribution in [0.15, 0.2) is 42.9 Å². The van der Waals surface area contributed by atoms with Gasteiger partial charge in [0.15, 0.2) is 6.04 Å². The van der Waals surface area contributed by atoms with Gasteiger partial charge in [-0.25, -0.2) is 9.78 Å². The van der Waals surface area contributed by atoms with E-state index < -0.39 is 48.1 Å². The number of H-pyrrole nitrogens is 1. The minimum atomic E-state index is -1.54. The summed E-state index contributed by atoms with van der Waals surface area (Å²) in [6, 6.07) is 4.55. The number of aliphatic hydroxyl groups excluding tert-OH is 1. The normalized spacial score (nSPS) is 18.6. The predicted molar refractivity (Wildman–Crippen MR) is 128 cm³/mol. The van der Waals surface area contributed by atoms with Gasteiger partial charge in [0, 0.05) is 31.3 Å². The van der Waals surface area contributed by atoms with Crippen LogP contribution in [0.2, 0.25) is 0 Å². The van der Waals surface area contributed by atoms with Crippen molar-refractivity contribution in [2.45, 2.75) is 62.9 Å². The number of aliphatic carboxylic acids is 1. The van der Waals surface area contributed by atoms with Gasteiger partial charge in [0.1, 0.15) is 12.1 Å². The van der Waals surface area contributed by atoms with E-state index in [1.54, 1.807) is 36.5 Å². The summed E-state index contributed by atoms with van der Waals surface area (Å²) >= 11 is 0. The number of aliphatic hydroxyl groups is 1. The van der Waals surface area contributed by atoms with Gasteiger partial charge in [-0.3, -0.25) is 14.4 Å². The average Bonchev–Trinajstić information content (AvgIpc) is 3.54. The van der Waals surface area contributed by atoms with Crippen molar-refractivity contribution in [1.82, 2.24) is 25.5 Å². The highest BCUT2D eigenvalue weighted by Gasteiger charge is 2.38. The number of aromatic amines is 1. The number of hydrogen-bond acceptors (Lipinski definition) is 7. The number of carbonyl (C=O) groups is 4. The summed E-state index contributed by atoms with van der Waals surface area (Å²) in [5.74, 6) is -3.07. The van der Waals surface area contributed by atoms with E-state index in [1.165, 1.54) is 18.2 Å². The van der Waals surface area contributed by atoms with Gasteiger partial charge >= 0.3 is 5.97 Å². The van der Waals surface area contributed by atoms with E-state index in [0.717, 1.165) is 5.56 Å². The summed E-state index contributed by atoms with van der Waals surface area (Å²) in [5.41, 5.74) is 7.53. The summed E-state index contributed by atoms with van der Waals surface area (Å²) in [4.78, 5) is 59.0. The molecule has 1 aromatic carbocycles. The molecule has 1 fully saturated rings. The summed E-state index contributed by atoms with van der Waals surface area (Å²) in [5, 5.41) is 24.1. The van der Waals surface area contributed by atoms with E-state index in [4.69, 9.17) is 5.73 Å². The Bertz CT molecular complexity index is 1040. The maximum absolute atomic E-state index is 13.3. The maximum Gasteiger partial charge on any atom is 0.328 e. The monoisotopic (exact) mass is 500 g/mol. The van der Waals surface area contributed by atoms with Gasteiger partial charge in [0.05, 0.1) is 18.5 Å². The number of likely N-dealkylation sites (tertiary alicyclic amines) is 1. The molecule has 7 N–H and O–H groups in total. The first-order valence-corrected chi connectivity index (χ1v) is 11.8. The number of carboxylic acids is 1. The number of aromatic nitrogens is 2. The fourth-order valence-corrected chi connectivity index (χ4v) is 4.21. The summed E-state index contributed by atoms with van der Waals surface area (Å²) in [7, 11) is 0. The van der Waals surface area contributed by atoms with Gasteiger partial charge in [-0.15, -0.1) is 0 Å². The topological polar surface area (TPSA) is 191 Å². The lowest BCUT2D eigenvalue weighted by Gasteiger charge is -2.29. The van der Waals surface area contributed by atoms with Crippen molar-refractivity contribution in [3.05, 3.63) is 54.1 Å². The molecule has 3 amide bonds. The molecule has 2 heterocycles. The third kappa shape index (κ3) is 6.89. The van der Waals surface area contributed by atoms with Crippen LogP contribution < -0.4 is 16.4 Å². The lowest BCUT2D eigenvalue weighted by molar-refractivity contribution is -0.145. The van der Waals surface area contributed by atoms with Crippen molar-refractivity contribution in [2.24, 2.45) is 5.73 Å². The fourth-order valence-electron chi connectivity index (χ4n) is 4.21. The molecule has 0 bridgehead atoms. The second-order valence-electron chi connectivity index (χ2n) is 8.89. The summed E-state index contributed by atoms with van der Waals surface area (Å²) in [6.45, 7) is 1.60. The van der Waals surface area contributed by atoms with Crippen LogP contribution in [0.1, 0.15) is 31.0 Å². The maximum atomic E-state index is 13.3. The van der Waals surface area contributed by atoms with Crippen LogP contribution in [0.4, 0.5) is 0 Å². The molecule has 1 aromatic heterocycles. The Morgan fingerprint density at radius 2 is 1.92 bits per heavy atom. The smallest absolute Gasteiger partial charge is 0.328 e. The van der Waals surface area contributed by atoms with Crippen molar-refractivity contribution in [3.8, 4) is 0 Å². The zero-order valence-electron chi connectivity index (χ0n) is 20.0. The van der Waals surface area contributed by atoms with Crippen LogP contribution in [0.5, 0.6) is 0 Å². The second kappa shape index (κ2) is 12.3. The number of nitrogens with zero attached hydrogens (tertiary/aromatic N) is 2. The Kier molecular flexibility index (Phi) is 9.14. The van der Waals surface area contributed by atoms with E-state index >= 15 is 0 Å². The van der Waals surface area contributed by atoms with Crippen molar-refractivity contribution < 1.29 is 29.4 Å². The Labute approximate surface area is 208 Å². The molecule has 1 aliphatic heterocycles. The average molecular weight is 501 g/mol. The molecule has 0 saturated carbocycles. The first kappa shape index (κ1) is 26.8. The van der Waals surface area contributed by atoms with Gasteiger partial charge in [0.2, 0.25) is 17.7 Å². The van der Waals surface area contributed by atoms with Crippen LogP contribution in [0.25, 0.3) is 0 Å². The molecule has 12 nitrogen and oxygen atoms in total. The minimum Gasteiger partial charge on any atom is -0.480 e. The van der Waals surface area contributed by atoms with E-state index in [-0.39, 0.29) is 18.7 Å². The molecule has 194 valence electrons. The third-order valence-corrected chi connectivity index (χ3v) is 6.11. The number of carboxylic acid groups (broad SMARTS) is 1. The number of nitrogens with one attached hydrogen (secondary N) is 3. The zero-order chi connectivity index (χ0) is 26.2. The lowest BCUT2D eigenvalue weighted by atomic mass is 10.0. The number of nitrogens with two attached hydrogens (primary N) is 1. The van der Waals surface area contributed by atoms with Gasteiger partial charge in [-0.05, 0) is 25.3 Å². The molecule has 0 radical (unpaired) electrons. The fraction of sp³-hybridized carbons (Fsp3) is 0.458. The van der Waals surface area contributed by atoms with Crippen molar-refractivity contribution in [2.75, 3.05) is 6.54 Å². The first-order chi connectivity index (χ1) is 17.2. The van der Waals surface area contributed by atoms with E-state index in [0.29, 0.717) is 25.1 Å². The molecular weight excluding hydrogens is 468 g/mol.